The predicted octanol–water partition coefficient (Wildman–Crippen LogP) is 5.19. The van der Waals surface area contributed by atoms with Gasteiger partial charge in [0.1, 0.15) is 22.8 Å². The summed E-state index contributed by atoms with van der Waals surface area (Å²) in [6, 6.07) is 22.6. The van der Waals surface area contributed by atoms with E-state index >= 15 is 0 Å². The molecule has 4 heterocycles. The van der Waals surface area contributed by atoms with Crippen molar-refractivity contribution in [2.45, 2.75) is 0 Å². The van der Waals surface area contributed by atoms with Crippen molar-refractivity contribution < 1.29 is 4.42 Å². The SMILES string of the molecule is Cl.c1ccc2oc(-c3ccc4nc(-c5ccc(C6=NCCN6)cc5)cn4c3)cc2c1. The van der Waals surface area contributed by atoms with E-state index in [-0.39, 0.29) is 12.4 Å². The van der Waals surface area contributed by atoms with Gasteiger partial charge in [-0.2, -0.15) is 0 Å². The number of nitrogens with one attached hydrogen (secondary N) is 1. The Bertz CT molecular complexity index is 1350. The van der Waals surface area contributed by atoms with Crippen LogP contribution in [0.4, 0.5) is 0 Å². The lowest BCUT2D eigenvalue weighted by atomic mass is 10.1. The Balaban J connectivity index is 0.00000193. The Labute approximate surface area is 179 Å². The van der Waals surface area contributed by atoms with Gasteiger partial charge in [-0.05, 0) is 24.3 Å². The molecule has 6 heteroatoms. The lowest BCUT2D eigenvalue weighted by Gasteiger charge is -2.03. The average molecular weight is 415 g/mol. The minimum absolute atomic E-state index is 0. The van der Waals surface area contributed by atoms with E-state index in [0.29, 0.717) is 0 Å². The number of fused-ring (bicyclic) bond motifs is 2. The fraction of sp³-hybridized carbons (Fsp3) is 0.0833. The summed E-state index contributed by atoms with van der Waals surface area (Å²) in [7, 11) is 0. The fourth-order valence-electron chi connectivity index (χ4n) is 3.79. The Hall–Kier alpha value is -3.57. The number of aliphatic imine (C=N–C) groups is 1. The number of para-hydroxylation sites is 1. The molecule has 0 spiro atoms. The number of benzene rings is 2. The average Bonchev–Trinajstić information content (AvgIpc) is 3.52. The van der Waals surface area contributed by atoms with E-state index in [1.807, 2.05) is 28.7 Å². The number of imidazole rings is 1. The van der Waals surface area contributed by atoms with E-state index < -0.39 is 0 Å². The van der Waals surface area contributed by atoms with Crippen LogP contribution in [0.2, 0.25) is 0 Å². The Kier molecular flexibility index (Phi) is 4.52. The van der Waals surface area contributed by atoms with Crippen molar-refractivity contribution in [3.8, 4) is 22.6 Å². The molecule has 0 atom stereocenters. The van der Waals surface area contributed by atoms with E-state index in [0.717, 1.165) is 63.7 Å². The molecule has 0 aliphatic carbocycles. The van der Waals surface area contributed by atoms with Crippen LogP contribution in [0.15, 0.2) is 88.5 Å². The molecule has 6 rings (SSSR count). The highest BCUT2D eigenvalue weighted by Gasteiger charge is 2.11. The third-order valence-electron chi connectivity index (χ3n) is 5.29. The minimum atomic E-state index is 0. The third-order valence-corrected chi connectivity index (χ3v) is 5.29. The van der Waals surface area contributed by atoms with Gasteiger partial charge in [-0.15, -0.1) is 12.4 Å². The molecule has 0 saturated heterocycles. The highest BCUT2D eigenvalue weighted by molar-refractivity contribution is 6.00. The first-order chi connectivity index (χ1) is 14.3. The van der Waals surface area contributed by atoms with Gasteiger partial charge in [-0.3, -0.25) is 4.99 Å². The summed E-state index contributed by atoms with van der Waals surface area (Å²) in [4.78, 5) is 9.25. The summed E-state index contributed by atoms with van der Waals surface area (Å²) in [6.45, 7) is 1.76. The molecule has 2 aromatic carbocycles. The summed E-state index contributed by atoms with van der Waals surface area (Å²) >= 11 is 0. The summed E-state index contributed by atoms with van der Waals surface area (Å²) in [5, 5.41) is 4.41. The topological polar surface area (TPSA) is 54.8 Å². The van der Waals surface area contributed by atoms with Crippen LogP contribution in [0.1, 0.15) is 5.56 Å². The number of aromatic nitrogens is 2. The van der Waals surface area contributed by atoms with Gasteiger partial charge in [0.05, 0.1) is 12.2 Å². The quantitative estimate of drug-likeness (QED) is 0.442. The molecule has 5 aromatic rings. The predicted molar refractivity (Wildman–Crippen MR) is 122 cm³/mol. The number of hydrogen-bond acceptors (Lipinski definition) is 4. The summed E-state index contributed by atoms with van der Waals surface area (Å²) in [5.41, 5.74) is 5.97. The minimum Gasteiger partial charge on any atom is -0.456 e. The number of rotatable bonds is 3. The molecular weight excluding hydrogens is 396 g/mol. The molecule has 0 saturated carbocycles. The lowest BCUT2D eigenvalue weighted by Crippen LogP contribution is -2.19. The first-order valence-electron chi connectivity index (χ1n) is 9.70. The van der Waals surface area contributed by atoms with E-state index in [1.165, 1.54) is 0 Å². The number of halogens is 1. The van der Waals surface area contributed by atoms with Crippen molar-refractivity contribution in [3.63, 3.8) is 0 Å². The maximum Gasteiger partial charge on any atom is 0.137 e. The third kappa shape index (κ3) is 3.13. The van der Waals surface area contributed by atoms with Crippen molar-refractivity contribution in [1.29, 1.82) is 0 Å². The number of furan rings is 1. The van der Waals surface area contributed by atoms with Crippen LogP contribution < -0.4 is 5.32 Å². The Morgan fingerprint density at radius 2 is 1.67 bits per heavy atom. The highest BCUT2D eigenvalue weighted by Crippen LogP contribution is 2.29. The van der Waals surface area contributed by atoms with Gasteiger partial charge in [0.2, 0.25) is 0 Å². The van der Waals surface area contributed by atoms with Crippen molar-refractivity contribution in [2.75, 3.05) is 13.1 Å². The van der Waals surface area contributed by atoms with Crippen LogP contribution in [0.25, 0.3) is 39.2 Å². The number of hydrogen-bond donors (Lipinski definition) is 1. The van der Waals surface area contributed by atoms with Crippen molar-refractivity contribution in [2.24, 2.45) is 4.99 Å². The van der Waals surface area contributed by atoms with Crippen LogP contribution >= 0.6 is 12.4 Å². The summed E-state index contributed by atoms with van der Waals surface area (Å²) in [6.07, 6.45) is 4.12. The number of nitrogens with zero attached hydrogens (tertiary/aromatic N) is 3. The monoisotopic (exact) mass is 414 g/mol. The highest BCUT2D eigenvalue weighted by atomic mass is 35.5. The number of pyridine rings is 1. The molecular formula is C24H19ClN4O. The lowest BCUT2D eigenvalue weighted by molar-refractivity contribution is 0.631. The standard InChI is InChI=1S/C24H18N4O.ClH/c1-2-4-21-18(3-1)13-22(29-21)19-9-10-23-27-20(15-28(23)14-19)16-5-7-17(8-6-16)24-25-11-12-26-24;/h1-10,13-15H,11-12H2,(H,25,26);1H. The molecule has 5 nitrogen and oxygen atoms in total. The summed E-state index contributed by atoms with van der Waals surface area (Å²) < 4.78 is 8.06. The molecule has 3 aromatic heterocycles. The molecule has 0 bridgehead atoms. The number of amidine groups is 1. The molecule has 0 amide bonds. The largest absolute Gasteiger partial charge is 0.456 e. The second-order valence-corrected chi connectivity index (χ2v) is 7.19. The van der Waals surface area contributed by atoms with E-state index in [1.54, 1.807) is 0 Å². The van der Waals surface area contributed by atoms with Crippen LogP contribution in [0.5, 0.6) is 0 Å². The van der Waals surface area contributed by atoms with Gasteiger partial charge < -0.3 is 14.1 Å². The van der Waals surface area contributed by atoms with Crippen LogP contribution in [0.3, 0.4) is 0 Å². The van der Waals surface area contributed by atoms with Gasteiger partial charge in [0.15, 0.2) is 0 Å². The molecule has 30 heavy (non-hydrogen) atoms. The van der Waals surface area contributed by atoms with Gasteiger partial charge in [0, 0.05) is 41.0 Å². The normalized spacial score (nSPS) is 13.3. The maximum absolute atomic E-state index is 6.01. The Morgan fingerprint density at radius 3 is 2.47 bits per heavy atom. The van der Waals surface area contributed by atoms with E-state index in [2.05, 4.69) is 65.2 Å². The molecule has 0 radical (unpaired) electrons. The van der Waals surface area contributed by atoms with Crippen LogP contribution in [-0.2, 0) is 0 Å². The van der Waals surface area contributed by atoms with Crippen molar-refractivity contribution >= 4 is 34.9 Å². The molecule has 1 aliphatic heterocycles. The van der Waals surface area contributed by atoms with E-state index in [9.17, 15) is 0 Å². The first kappa shape index (κ1) is 18.5. The van der Waals surface area contributed by atoms with Crippen molar-refractivity contribution in [1.82, 2.24) is 14.7 Å². The van der Waals surface area contributed by atoms with Gasteiger partial charge in [0.25, 0.3) is 0 Å². The first-order valence-corrected chi connectivity index (χ1v) is 9.70. The van der Waals surface area contributed by atoms with E-state index in [4.69, 9.17) is 9.40 Å². The zero-order valence-electron chi connectivity index (χ0n) is 16.1. The molecule has 1 aliphatic rings. The molecule has 1 N–H and O–H groups in total. The molecule has 148 valence electrons. The maximum atomic E-state index is 6.01. The second kappa shape index (κ2) is 7.35. The van der Waals surface area contributed by atoms with Crippen LogP contribution in [0, 0.1) is 0 Å². The second-order valence-electron chi connectivity index (χ2n) is 7.19. The zero-order valence-corrected chi connectivity index (χ0v) is 16.9. The van der Waals surface area contributed by atoms with Crippen molar-refractivity contribution in [3.05, 3.63) is 84.7 Å². The van der Waals surface area contributed by atoms with Crippen LogP contribution in [-0.4, -0.2) is 28.3 Å². The Morgan fingerprint density at radius 1 is 0.867 bits per heavy atom. The zero-order chi connectivity index (χ0) is 19.2. The summed E-state index contributed by atoms with van der Waals surface area (Å²) in [5.74, 6) is 1.83. The smallest absolute Gasteiger partial charge is 0.137 e. The van der Waals surface area contributed by atoms with Gasteiger partial charge >= 0.3 is 0 Å². The van der Waals surface area contributed by atoms with Gasteiger partial charge in [-0.25, -0.2) is 4.98 Å². The van der Waals surface area contributed by atoms with Gasteiger partial charge in [-0.1, -0.05) is 42.5 Å². The molecule has 0 unspecified atom stereocenters. The fourth-order valence-corrected chi connectivity index (χ4v) is 3.79. The molecule has 0 fully saturated rings.